The van der Waals surface area contributed by atoms with Crippen molar-refractivity contribution in [3.8, 4) is 0 Å². The molecule has 0 aliphatic carbocycles. The van der Waals surface area contributed by atoms with Crippen LogP contribution in [-0.4, -0.2) is 9.55 Å². The molecule has 0 radical (unpaired) electrons. The molecule has 2 rings (SSSR count). The highest BCUT2D eigenvalue weighted by atomic mass is 32.1. The van der Waals surface area contributed by atoms with Gasteiger partial charge in [0.15, 0.2) is 4.77 Å². The lowest BCUT2D eigenvalue weighted by Gasteiger charge is -2.05. The van der Waals surface area contributed by atoms with Crippen molar-refractivity contribution in [2.75, 3.05) is 0 Å². The third-order valence-corrected chi connectivity index (χ3v) is 3.59. The summed E-state index contributed by atoms with van der Waals surface area (Å²) in [5.41, 5.74) is 2.68. The number of aromatic amines is 1. The first-order chi connectivity index (χ1) is 7.31. The molecule has 0 saturated carbocycles. The van der Waals surface area contributed by atoms with Crippen molar-refractivity contribution in [2.24, 2.45) is 0 Å². The molecule has 0 fully saturated rings. The van der Waals surface area contributed by atoms with Crippen molar-refractivity contribution in [3.05, 3.63) is 39.1 Å². The lowest BCUT2D eigenvalue weighted by atomic mass is 10.2. The van der Waals surface area contributed by atoms with Gasteiger partial charge >= 0.3 is 0 Å². The monoisotopic (exact) mass is 238 g/mol. The molecule has 2 aromatic heterocycles. The van der Waals surface area contributed by atoms with Crippen LogP contribution in [0.5, 0.6) is 0 Å². The van der Waals surface area contributed by atoms with E-state index in [2.05, 4.69) is 33.3 Å². The third kappa shape index (κ3) is 2.38. The maximum atomic E-state index is 5.24. The fourth-order valence-electron chi connectivity index (χ4n) is 1.65. The Morgan fingerprint density at radius 3 is 3.07 bits per heavy atom. The molecule has 0 atom stereocenters. The van der Waals surface area contributed by atoms with Crippen LogP contribution < -0.4 is 0 Å². The van der Waals surface area contributed by atoms with Gasteiger partial charge in [-0.2, -0.15) is 11.3 Å². The summed E-state index contributed by atoms with van der Waals surface area (Å²) in [4.78, 5) is 3.10. The molecule has 2 aromatic rings. The zero-order chi connectivity index (χ0) is 10.7. The Bertz CT molecular complexity index is 465. The topological polar surface area (TPSA) is 20.7 Å². The molecular formula is C11H14N2S2. The van der Waals surface area contributed by atoms with Crippen molar-refractivity contribution in [3.63, 3.8) is 0 Å². The van der Waals surface area contributed by atoms with Gasteiger partial charge < -0.3 is 9.55 Å². The first-order valence-corrected chi connectivity index (χ1v) is 6.44. The molecule has 0 amide bonds. The van der Waals surface area contributed by atoms with E-state index < -0.39 is 0 Å². The molecule has 2 nitrogen and oxygen atoms in total. The number of imidazole rings is 1. The number of H-pyrrole nitrogens is 1. The van der Waals surface area contributed by atoms with Gasteiger partial charge in [0.25, 0.3) is 0 Å². The molecule has 1 N–H and O–H groups in total. The Labute approximate surface area is 98.6 Å². The molecule has 2 heterocycles. The minimum atomic E-state index is 0.835. The molecule has 4 heteroatoms. The van der Waals surface area contributed by atoms with E-state index in [1.54, 1.807) is 11.3 Å². The van der Waals surface area contributed by atoms with Gasteiger partial charge in [0.05, 0.1) is 0 Å². The molecule has 0 unspecified atom stereocenters. The van der Waals surface area contributed by atoms with Crippen molar-refractivity contribution in [1.29, 1.82) is 0 Å². The lowest BCUT2D eigenvalue weighted by molar-refractivity contribution is 0.657. The number of nitrogens with zero attached hydrogens (tertiary/aromatic N) is 1. The predicted octanol–water partition coefficient (Wildman–Crippen LogP) is 3.41. The summed E-state index contributed by atoms with van der Waals surface area (Å²) in [6, 6.07) is 2.17. The summed E-state index contributed by atoms with van der Waals surface area (Å²) in [6.07, 6.45) is 4.09. The number of nitrogens with one attached hydrogen (secondary N) is 1. The van der Waals surface area contributed by atoms with Gasteiger partial charge in [-0.15, -0.1) is 0 Å². The summed E-state index contributed by atoms with van der Waals surface area (Å²) in [5, 5.41) is 4.31. The van der Waals surface area contributed by atoms with E-state index in [-0.39, 0.29) is 0 Å². The normalized spacial score (nSPS) is 10.7. The minimum absolute atomic E-state index is 0.835. The summed E-state index contributed by atoms with van der Waals surface area (Å²) in [5.74, 6) is 0. The van der Waals surface area contributed by atoms with E-state index in [0.717, 1.165) is 24.2 Å². The summed E-state index contributed by atoms with van der Waals surface area (Å²) < 4.78 is 3.02. The Hall–Kier alpha value is -0.870. The standard InChI is InChI=1S/C11H14N2S2/c1-2-10-7-12-11(14)13(10)5-3-9-4-6-15-8-9/h4,6-8H,2-3,5H2,1H3,(H,12,14). The van der Waals surface area contributed by atoms with Crippen LogP contribution in [0.1, 0.15) is 18.2 Å². The van der Waals surface area contributed by atoms with Crippen molar-refractivity contribution < 1.29 is 0 Å². The van der Waals surface area contributed by atoms with Gasteiger partial charge in [-0.3, -0.25) is 0 Å². The van der Waals surface area contributed by atoms with Gasteiger partial charge in [0.1, 0.15) is 0 Å². The van der Waals surface area contributed by atoms with Crippen LogP contribution in [0.4, 0.5) is 0 Å². The number of hydrogen-bond donors (Lipinski definition) is 1. The van der Waals surface area contributed by atoms with E-state index in [4.69, 9.17) is 12.2 Å². The predicted molar refractivity (Wildman–Crippen MR) is 67.0 cm³/mol. The maximum absolute atomic E-state index is 5.24. The van der Waals surface area contributed by atoms with Gasteiger partial charge in [-0.25, -0.2) is 0 Å². The first-order valence-electron chi connectivity index (χ1n) is 5.09. The molecular weight excluding hydrogens is 224 g/mol. The first kappa shape index (κ1) is 10.6. The third-order valence-electron chi connectivity index (χ3n) is 2.52. The van der Waals surface area contributed by atoms with Crippen LogP contribution in [0.2, 0.25) is 0 Å². The Morgan fingerprint density at radius 1 is 1.53 bits per heavy atom. The van der Waals surface area contributed by atoms with Gasteiger partial charge in [0.2, 0.25) is 0 Å². The molecule has 0 aromatic carbocycles. The average Bonchev–Trinajstić information content (AvgIpc) is 2.84. The average molecular weight is 238 g/mol. The van der Waals surface area contributed by atoms with E-state index in [1.165, 1.54) is 11.3 Å². The van der Waals surface area contributed by atoms with Crippen LogP contribution in [-0.2, 0) is 19.4 Å². The van der Waals surface area contributed by atoms with Crippen LogP contribution in [0.25, 0.3) is 0 Å². The van der Waals surface area contributed by atoms with Gasteiger partial charge in [-0.05, 0) is 47.4 Å². The van der Waals surface area contributed by atoms with E-state index in [1.807, 2.05) is 6.20 Å². The molecule has 0 aliphatic heterocycles. The quantitative estimate of drug-likeness (QED) is 0.810. The number of aryl methyl sites for hydroxylation is 2. The number of hydrogen-bond acceptors (Lipinski definition) is 2. The molecule has 80 valence electrons. The summed E-state index contributed by atoms with van der Waals surface area (Å²) in [6.45, 7) is 3.13. The molecule has 0 spiro atoms. The van der Waals surface area contributed by atoms with Crippen molar-refractivity contribution >= 4 is 23.6 Å². The van der Waals surface area contributed by atoms with Crippen molar-refractivity contribution in [1.82, 2.24) is 9.55 Å². The highest BCUT2D eigenvalue weighted by Crippen LogP contribution is 2.10. The van der Waals surface area contributed by atoms with Gasteiger partial charge in [-0.1, -0.05) is 6.92 Å². The SMILES string of the molecule is CCc1c[nH]c(=S)n1CCc1ccsc1. The number of thiophene rings is 1. The minimum Gasteiger partial charge on any atom is -0.337 e. The highest BCUT2D eigenvalue weighted by molar-refractivity contribution is 7.71. The molecule has 0 aliphatic rings. The Morgan fingerprint density at radius 2 is 2.40 bits per heavy atom. The second-order valence-electron chi connectivity index (χ2n) is 3.47. The fourth-order valence-corrected chi connectivity index (χ4v) is 2.62. The summed E-state index contributed by atoms with van der Waals surface area (Å²) >= 11 is 6.99. The van der Waals surface area contributed by atoms with Gasteiger partial charge in [0, 0.05) is 18.4 Å². The highest BCUT2D eigenvalue weighted by Gasteiger charge is 2.02. The zero-order valence-corrected chi connectivity index (χ0v) is 10.3. The van der Waals surface area contributed by atoms with Crippen molar-refractivity contribution in [2.45, 2.75) is 26.3 Å². The number of aromatic nitrogens is 2. The van der Waals surface area contributed by atoms with E-state index in [9.17, 15) is 0 Å². The molecule has 15 heavy (non-hydrogen) atoms. The number of rotatable bonds is 4. The largest absolute Gasteiger partial charge is 0.337 e. The Balaban J connectivity index is 2.10. The fraction of sp³-hybridized carbons (Fsp3) is 0.364. The maximum Gasteiger partial charge on any atom is 0.177 e. The lowest BCUT2D eigenvalue weighted by Crippen LogP contribution is -2.04. The summed E-state index contributed by atoms with van der Waals surface area (Å²) in [7, 11) is 0. The van der Waals surface area contributed by atoms with Crippen LogP contribution in [0.15, 0.2) is 23.0 Å². The molecule has 0 saturated heterocycles. The zero-order valence-electron chi connectivity index (χ0n) is 8.69. The second kappa shape index (κ2) is 4.77. The van der Waals surface area contributed by atoms with Crippen LogP contribution >= 0.6 is 23.6 Å². The van der Waals surface area contributed by atoms with E-state index in [0.29, 0.717) is 0 Å². The Kier molecular flexibility index (Phi) is 3.38. The van der Waals surface area contributed by atoms with E-state index >= 15 is 0 Å². The molecule has 0 bridgehead atoms. The van der Waals surface area contributed by atoms with Crippen LogP contribution in [0.3, 0.4) is 0 Å². The second-order valence-corrected chi connectivity index (χ2v) is 4.64. The smallest absolute Gasteiger partial charge is 0.177 e. The van der Waals surface area contributed by atoms with Crippen LogP contribution in [0, 0.1) is 4.77 Å².